The van der Waals surface area contributed by atoms with E-state index >= 15 is 0 Å². The Morgan fingerprint density at radius 3 is 2.71 bits per heavy atom. The third kappa shape index (κ3) is 7.96. The summed E-state index contributed by atoms with van der Waals surface area (Å²) in [6, 6.07) is -0.198. The average molecular weight is 296 g/mol. The van der Waals surface area contributed by atoms with Gasteiger partial charge < -0.3 is 20.3 Å². The monoisotopic (exact) mass is 296 g/mol. The van der Waals surface area contributed by atoms with E-state index in [9.17, 15) is 9.59 Å². The zero-order valence-electron chi connectivity index (χ0n) is 12.6. The maximum Gasteiger partial charge on any atom is 0.315 e. The van der Waals surface area contributed by atoms with Crippen LogP contribution in [-0.2, 0) is 11.3 Å². The number of aliphatic carboxylic acids is 1. The summed E-state index contributed by atoms with van der Waals surface area (Å²) >= 11 is 0. The van der Waals surface area contributed by atoms with Crippen molar-refractivity contribution in [2.24, 2.45) is 5.92 Å². The minimum Gasteiger partial charge on any atom is -0.481 e. The highest BCUT2D eigenvalue weighted by molar-refractivity contribution is 5.74. The van der Waals surface area contributed by atoms with Crippen molar-refractivity contribution in [3.05, 3.63) is 18.7 Å². The molecule has 2 unspecified atom stereocenters. The van der Waals surface area contributed by atoms with Crippen LogP contribution in [0.15, 0.2) is 18.7 Å². The van der Waals surface area contributed by atoms with Crippen LogP contribution in [0, 0.1) is 5.92 Å². The van der Waals surface area contributed by atoms with Gasteiger partial charge in [0, 0.05) is 37.9 Å². The highest BCUT2D eigenvalue weighted by atomic mass is 16.4. The first-order valence-corrected chi connectivity index (χ1v) is 7.19. The van der Waals surface area contributed by atoms with Gasteiger partial charge in [0.15, 0.2) is 0 Å². The van der Waals surface area contributed by atoms with Crippen LogP contribution < -0.4 is 10.6 Å². The van der Waals surface area contributed by atoms with E-state index in [1.165, 1.54) is 0 Å². The van der Waals surface area contributed by atoms with Crippen molar-refractivity contribution in [3.63, 3.8) is 0 Å². The maximum absolute atomic E-state index is 11.7. The molecule has 0 saturated heterocycles. The summed E-state index contributed by atoms with van der Waals surface area (Å²) < 4.78 is 1.90. The molecule has 0 fully saturated rings. The van der Waals surface area contributed by atoms with Crippen LogP contribution in [0.1, 0.15) is 33.1 Å². The van der Waals surface area contributed by atoms with Gasteiger partial charge in [-0.1, -0.05) is 6.92 Å². The number of amides is 2. The van der Waals surface area contributed by atoms with E-state index < -0.39 is 5.97 Å². The van der Waals surface area contributed by atoms with Crippen LogP contribution in [0.4, 0.5) is 4.79 Å². The fraction of sp³-hybridized carbons (Fsp3) is 0.643. The summed E-state index contributed by atoms with van der Waals surface area (Å²) in [5, 5.41) is 14.2. The topological polar surface area (TPSA) is 96.3 Å². The van der Waals surface area contributed by atoms with Gasteiger partial charge in [0.25, 0.3) is 0 Å². The van der Waals surface area contributed by atoms with Gasteiger partial charge in [-0.3, -0.25) is 4.79 Å². The van der Waals surface area contributed by atoms with Gasteiger partial charge in [-0.05, 0) is 25.7 Å². The summed E-state index contributed by atoms with van der Waals surface area (Å²) in [5.41, 5.74) is 0. The molecule has 0 aliphatic carbocycles. The number of carboxylic acid groups (broad SMARTS) is 1. The molecule has 2 atom stereocenters. The van der Waals surface area contributed by atoms with Gasteiger partial charge in [-0.2, -0.15) is 0 Å². The quantitative estimate of drug-likeness (QED) is 0.643. The Bertz CT molecular complexity index is 433. The fourth-order valence-corrected chi connectivity index (χ4v) is 1.98. The molecule has 0 bridgehead atoms. The number of urea groups is 1. The third-order valence-electron chi connectivity index (χ3n) is 3.20. The molecule has 0 radical (unpaired) electrons. The first-order chi connectivity index (χ1) is 9.97. The second-order valence-corrected chi connectivity index (χ2v) is 5.39. The summed E-state index contributed by atoms with van der Waals surface area (Å²) in [5.74, 6) is -0.495. The predicted octanol–water partition coefficient (Wildman–Crippen LogP) is 1.46. The number of carboxylic acids is 1. The Balaban J connectivity index is 2.11. The lowest BCUT2D eigenvalue weighted by atomic mass is 10.0. The first-order valence-electron chi connectivity index (χ1n) is 7.19. The lowest BCUT2D eigenvalue weighted by Gasteiger charge is -2.16. The molecule has 118 valence electrons. The average Bonchev–Trinajstić information content (AvgIpc) is 2.88. The second kappa shape index (κ2) is 8.99. The third-order valence-corrected chi connectivity index (χ3v) is 3.20. The number of carbonyl (C=O) groups excluding carboxylic acids is 1. The summed E-state index contributed by atoms with van der Waals surface area (Å²) in [7, 11) is 0. The molecule has 0 aliphatic rings. The Labute approximate surface area is 124 Å². The Morgan fingerprint density at radius 2 is 2.10 bits per heavy atom. The van der Waals surface area contributed by atoms with Crippen molar-refractivity contribution in [1.29, 1.82) is 0 Å². The lowest BCUT2D eigenvalue weighted by molar-refractivity contribution is -0.137. The van der Waals surface area contributed by atoms with E-state index in [1.807, 2.05) is 24.6 Å². The van der Waals surface area contributed by atoms with Gasteiger partial charge in [0.1, 0.15) is 0 Å². The van der Waals surface area contributed by atoms with E-state index in [1.54, 1.807) is 12.5 Å². The molecule has 21 heavy (non-hydrogen) atoms. The van der Waals surface area contributed by atoms with E-state index in [-0.39, 0.29) is 24.4 Å². The van der Waals surface area contributed by atoms with E-state index in [0.29, 0.717) is 19.5 Å². The van der Waals surface area contributed by atoms with E-state index in [0.717, 1.165) is 6.42 Å². The van der Waals surface area contributed by atoms with Crippen molar-refractivity contribution in [2.45, 2.75) is 45.7 Å². The summed E-state index contributed by atoms with van der Waals surface area (Å²) in [6.45, 7) is 5.13. The molecular weight excluding hydrogens is 272 g/mol. The van der Waals surface area contributed by atoms with Gasteiger partial charge in [-0.15, -0.1) is 0 Å². The molecule has 1 rings (SSSR count). The molecule has 1 aromatic rings. The number of imidazole rings is 1. The smallest absolute Gasteiger partial charge is 0.315 e. The minimum atomic E-state index is -0.777. The SMILES string of the molecule is CC(CCNC(=O)NC(C)Cn1ccnc1)CCC(=O)O. The Morgan fingerprint density at radius 1 is 1.33 bits per heavy atom. The molecular formula is C14H24N4O3. The molecule has 0 aliphatic heterocycles. The number of hydrogen-bond donors (Lipinski definition) is 3. The van der Waals surface area contributed by atoms with E-state index in [4.69, 9.17) is 5.11 Å². The van der Waals surface area contributed by atoms with E-state index in [2.05, 4.69) is 15.6 Å². The zero-order chi connectivity index (χ0) is 15.7. The molecule has 0 saturated carbocycles. The number of hydrogen-bond acceptors (Lipinski definition) is 3. The number of carbonyl (C=O) groups is 2. The molecule has 0 spiro atoms. The van der Waals surface area contributed by atoms with Crippen molar-refractivity contribution < 1.29 is 14.7 Å². The second-order valence-electron chi connectivity index (χ2n) is 5.39. The van der Waals surface area contributed by atoms with Crippen LogP contribution in [-0.4, -0.2) is 39.2 Å². The maximum atomic E-state index is 11.7. The first kappa shape index (κ1) is 17.0. The lowest BCUT2D eigenvalue weighted by Crippen LogP contribution is -2.42. The minimum absolute atomic E-state index is 0.00336. The van der Waals surface area contributed by atoms with Crippen molar-refractivity contribution >= 4 is 12.0 Å². The fourth-order valence-electron chi connectivity index (χ4n) is 1.98. The molecule has 7 heteroatoms. The molecule has 0 aromatic carbocycles. The molecule has 3 N–H and O–H groups in total. The van der Waals surface area contributed by atoms with Crippen LogP contribution in [0.25, 0.3) is 0 Å². The summed E-state index contributed by atoms with van der Waals surface area (Å²) in [4.78, 5) is 26.1. The largest absolute Gasteiger partial charge is 0.481 e. The highest BCUT2D eigenvalue weighted by Gasteiger charge is 2.09. The number of aromatic nitrogens is 2. The summed E-state index contributed by atoms with van der Waals surface area (Å²) in [6.07, 6.45) is 6.84. The van der Waals surface area contributed by atoms with Crippen LogP contribution >= 0.6 is 0 Å². The van der Waals surface area contributed by atoms with Gasteiger partial charge >= 0.3 is 12.0 Å². The zero-order valence-corrected chi connectivity index (χ0v) is 12.6. The van der Waals surface area contributed by atoms with Crippen molar-refractivity contribution in [3.8, 4) is 0 Å². The van der Waals surface area contributed by atoms with Gasteiger partial charge in [-0.25, -0.2) is 9.78 Å². The Kier molecular flexibility index (Phi) is 7.28. The molecule has 1 aromatic heterocycles. The van der Waals surface area contributed by atoms with Crippen LogP contribution in [0.5, 0.6) is 0 Å². The number of nitrogens with zero attached hydrogens (tertiary/aromatic N) is 2. The predicted molar refractivity (Wildman–Crippen MR) is 78.9 cm³/mol. The van der Waals surface area contributed by atoms with Gasteiger partial charge in [0.05, 0.1) is 6.33 Å². The van der Waals surface area contributed by atoms with Crippen molar-refractivity contribution in [2.75, 3.05) is 6.54 Å². The number of rotatable bonds is 9. The van der Waals surface area contributed by atoms with Crippen LogP contribution in [0.3, 0.4) is 0 Å². The Hall–Kier alpha value is -2.05. The number of nitrogens with one attached hydrogen (secondary N) is 2. The normalized spacial score (nSPS) is 13.4. The molecule has 1 heterocycles. The molecule has 2 amide bonds. The van der Waals surface area contributed by atoms with Crippen LogP contribution in [0.2, 0.25) is 0 Å². The van der Waals surface area contributed by atoms with Crippen molar-refractivity contribution in [1.82, 2.24) is 20.2 Å². The highest BCUT2D eigenvalue weighted by Crippen LogP contribution is 2.08. The van der Waals surface area contributed by atoms with Gasteiger partial charge in [0.2, 0.25) is 0 Å². The molecule has 7 nitrogen and oxygen atoms in total. The standard InChI is InChI=1S/C14H24N4O3/c1-11(3-4-13(19)20)5-6-16-14(21)17-12(2)9-18-8-7-15-10-18/h7-8,10-12H,3-6,9H2,1-2H3,(H,19,20)(H2,16,17,21).